The molecule has 230 valence electrons. The largest absolute Gasteiger partial charge is 0.493 e. The number of carbonyl (C=O) groups is 1. The number of allylic oxidation sites excluding steroid dienone is 1. The van der Waals surface area contributed by atoms with Crippen molar-refractivity contribution >= 4 is 23.4 Å². The molecule has 2 aromatic carbocycles. The summed E-state index contributed by atoms with van der Waals surface area (Å²) in [5.41, 5.74) is 7.87. The zero-order valence-electron chi connectivity index (χ0n) is 26.8. The van der Waals surface area contributed by atoms with Crippen LogP contribution in [0.25, 0.3) is 11.8 Å². The minimum Gasteiger partial charge on any atom is -0.493 e. The third-order valence-electron chi connectivity index (χ3n) is 7.89. The van der Waals surface area contributed by atoms with E-state index < -0.39 is 12.0 Å². The molecular formula is C35H39N3O5S. The lowest BCUT2D eigenvalue weighted by Gasteiger charge is -2.25. The van der Waals surface area contributed by atoms with E-state index in [9.17, 15) is 9.59 Å². The molecule has 8 nitrogen and oxygen atoms in total. The van der Waals surface area contributed by atoms with Crippen LogP contribution < -0.4 is 24.4 Å². The molecule has 0 aliphatic carbocycles. The summed E-state index contributed by atoms with van der Waals surface area (Å²) in [4.78, 5) is 32.8. The van der Waals surface area contributed by atoms with E-state index in [1.807, 2.05) is 38.1 Å². The van der Waals surface area contributed by atoms with Gasteiger partial charge in [-0.1, -0.05) is 23.5 Å². The fraction of sp³-hybridized carbons (Fsp3) is 0.343. The Morgan fingerprint density at radius 1 is 1.02 bits per heavy atom. The molecule has 1 aliphatic heterocycles. The van der Waals surface area contributed by atoms with E-state index in [1.54, 1.807) is 25.5 Å². The van der Waals surface area contributed by atoms with Crippen LogP contribution in [-0.2, 0) is 9.53 Å². The van der Waals surface area contributed by atoms with Gasteiger partial charge in [0, 0.05) is 17.1 Å². The number of methoxy groups -OCH3 is 1. The van der Waals surface area contributed by atoms with Crippen molar-refractivity contribution in [1.29, 1.82) is 0 Å². The van der Waals surface area contributed by atoms with Crippen molar-refractivity contribution in [2.24, 2.45) is 4.99 Å². The van der Waals surface area contributed by atoms with Crippen molar-refractivity contribution < 1.29 is 19.0 Å². The average molecular weight is 614 g/mol. The second kappa shape index (κ2) is 12.3. The van der Waals surface area contributed by atoms with Crippen LogP contribution in [0, 0.1) is 27.7 Å². The van der Waals surface area contributed by atoms with Gasteiger partial charge in [0.2, 0.25) is 0 Å². The minimum absolute atomic E-state index is 0.0540. The monoisotopic (exact) mass is 613 g/mol. The van der Waals surface area contributed by atoms with Crippen molar-refractivity contribution in [3.63, 3.8) is 0 Å². The number of rotatable bonds is 8. The van der Waals surface area contributed by atoms with Crippen molar-refractivity contribution in [3.05, 3.63) is 107 Å². The summed E-state index contributed by atoms with van der Waals surface area (Å²) < 4.78 is 21.3. The summed E-state index contributed by atoms with van der Waals surface area (Å²) in [7, 11) is 1.57. The van der Waals surface area contributed by atoms with Gasteiger partial charge < -0.3 is 18.8 Å². The van der Waals surface area contributed by atoms with Crippen LogP contribution in [0.2, 0.25) is 0 Å². The number of aromatic nitrogens is 2. The molecule has 4 aromatic rings. The Balaban J connectivity index is 1.69. The maximum absolute atomic E-state index is 14.2. The van der Waals surface area contributed by atoms with Crippen LogP contribution in [0.3, 0.4) is 0 Å². The molecule has 0 saturated heterocycles. The standard InChI is InChI=1S/C35H39N3O5S/c1-10-42-34(40)31-23(7)36-35-38(32(31)25-12-14-28(43-19(2)3)29(17-25)41-9)33(39)30(44-35)18-26-16-22(6)37(24(26)8)27-13-11-20(4)21(5)15-27/h11-19,32H,10H2,1-9H3/b30-18-/t32-/m0/s1. The van der Waals surface area contributed by atoms with E-state index in [1.165, 1.54) is 22.5 Å². The molecule has 0 saturated carbocycles. The van der Waals surface area contributed by atoms with Crippen LogP contribution in [0.4, 0.5) is 0 Å². The minimum atomic E-state index is -0.752. The molecule has 5 rings (SSSR count). The predicted octanol–water partition coefficient (Wildman–Crippen LogP) is 5.62. The fourth-order valence-corrected chi connectivity index (χ4v) is 6.69. The van der Waals surface area contributed by atoms with E-state index >= 15 is 0 Å². The number of esters is 1. The number of benzene rings is 2. The van der Waals surface area contributed by atoms with E-state index in [0.29, 0.717) is 37.7 Å². The zero-order chi connectivity index (χ0) is 31.9. The smallest absolute Gasteiger partial charge is 0.338 e. The number of ether oxygens (including phenoxy) is 3. The highest BCUT2D eigenvalue weighted by molar-refractivity contribution is 7.07. The van der Waals surface area contributed by atoms with Gasteiger partial charge in [0.1, 0.15) is 0 Å². The number of carbonyl (C=O) groups excluding carboxylic acids is 1. The van der Waals surface area contributed by atoms with E-state index in [4.69, 9.17) is 19.2 Å². The molecule has 9 heteroatoms. The van der Waals surface area contributed by atoms with Crippen LogP contribution in [0.15, 0.2) is 63.5 Å². The molecule has 0 amide bonds. The summed E-state index contributed by atoms with van der Waals surface area (Å²) in [5, 5.41) is 0. The highest BCUT2D eigenvalue weighted by Gasteiger charge is 2.34. The molecule has 0 radical (unpaired) electrons. The van der Waals surface area contributed by atoms with Crippen LogP contribution in [-0.4, -0.2) is 34.9 Å². The van der Waals surface area contributed by atoms with Crippen molar-refractivity contribution in [1.82, 2.24) is 9.13 Å². The second-order valence-corrected chi connectivity index (χ2v) is 12.3. The predicted molar refractivity (Wildman–Crippen MR) is 174 cm³/mol. The van der Waals surface area contributed by atoms with E-state index in [2.05, 4.69) is 56.5 Å². The van der Waals surface area contributed by atoms with Gasteiger partial charge in [-0.05, 0) is 114 Å². The summed E-state index contributed by atoms with van der Waals surface area (Å²) >= 11 is 1.31. The lowest BCUT2D eigenvalue weighted by Crippen LogP contribution is -2.40. The Labute approximate surface area is 261 Å². The Hall–Kier alpha value is -4.37. The van der Waals surface area contributed by atoms with Gasteiger partial charge in [0.15, 0.2) is 16.3 Å². The van der Waals surface area contributed by atoms with Gasteiger partial charge in [0.05, 0.1) is 41.7 Å². The first-order valence-electron chi connectivity index (χ1n) is 14.8. The van der Waals surface area contributed by atoms with Gasteiger partial charge >= 0.3 is 5.97 Å². The highest BCUT2D eigenvalue weighted by Crippen LogP contribution is 2.36. The van der Waals surface area contributed by atoms with Gasteiger partial charge in [-0.3, -0.25) is 9.36 Å². The molecule has 0 bridgehead atoms. The number of nitrogens with zero attached hydrogens (tertiary/aromatic N) is 3. The van der Waals surface area contributed by atoms with Crippen LogP contribution >= 0.6 is 11.3 Å². The molecular weight excluding hydrogens is 574 g/mol. The quantitative estimate of drug-likeness (QED) is 0.241. The van der Waals surface area contributed by atoms with Gasteiger partial charge in [0.25, 0.3) is 5.56 Å². The first kappa shape index (κ1) is 31.1. The maximum Gasteiger partial charge on any atom is 0.338 e. The maximum atomic E-state index is 14.2. The molecule has 0 N–H and O–H groups in total. The van der Waals surface area contributed by atoms with Crippen molar-refractivity contribution in [2.75, 3.05) is 13.7 Å². The average Bonchev–Trinajstić information content (AvgIpc) is 3.43. The summed E-state index contributed by atoms with van der Waals surface area (Å²) in [5.74, 6) is 0.581. The number of hydrogen-bond acceptors (Lipinski definition) is 7. The Bertz CT molecular complexity index is 1980. The lowest BCUT2D eigenvalue weighted by atomic mass is 9.95. The number of hydrogen-bond donors (Lipinski definition) is 0. The van der Waals surface area contributed by atoms with Gasteiger partial charge in [-0.15, -0.1) is 0 Å². The first-order chi connectivity index (χ1) is 20.9. The topological polar surface area (TPSA) is 84.1 Å². The highest BCUT2D eigenvalue weighted by atomic mass is 32.1. The van der Waals surface area contributed by atoms with Crippen LogP contribution in [0.1, 0.15) is 67.4 Å². The Morgan fingerprint density at radius 3 is 2.43 bits per heavy atom. The molecule has 0 unspecified atom stereocenters. The normalized spacial score (nSPS) is 15.0. The number of aryl methyl sites for hydroxylation is 3. The van der Waals surface area contributed by atoms with Gasteiger partial charge in [-0.2, -0.15) is 0 Å². The number of thiazole rings is 1. The molecule has 3 heterocycles. The van der Waals surface area contributed by atoms with Gasteiger partial charge in [-0.25, -0.2) is 9.79 Å². The molecule has 0 fully saturated rings. The van der Waals surface area contributed by atoms with Crippen molar-refractivity contribution in [2.45, 2.75) is 67.5 Å². The summed E-state index contributed by atoms with van der Waals surface area (Å²) in [6.07, 6.45) is 1.87. The Morgan fingerprint density at radius 2 is 1.77 bits per heavy atom. The summed E-state index contributed by atoms with van der Waals surface area (Å²) in [6, 6.07) is 13.2. The fourth-order valence-electron chi connectivity index (χ4n) is 5.65. The van der Waals surface area contributed by atoms with Crippen LogP contribution in [0.5, 0.6) is 11.5 Å². The lowest BCUT2D eigenvalue weighted by molar-refractivity contribution is -0.139. The first-order valence-corrected chi connectivity index (χ1v) is 15.6. The Kier molecular flexibility index (Phi) is 8.70. The molecule has 2 aromatic heterocycles. The van der Waals surface area contributed by atoms with E-state index in [0.717, 1.165) is 22.6 Å². The summed E-state index contributed by atoms with van der Waals surface area (Å²) in [6.45, 7) is 16.0. The third kappa shape index (κ3) is 5.64. The SMILES string of the molecule is CCOC(=O)C1=C(C)N=c2s/c(=C\c3cc(C)n(-c4ccc(C)c(C)c4)c3C)c(=O)n2[C@H]1c1ccc(OC(C)C)c(OC)c1. The number of fused-ring (bicyclic) bond motifs is 1. The molecule has 44 heavy (non-hydrogen) atoms. The van der Waals surface area contributed by atoms with Crippen molar-refractivity contribution in [3.8, 4) is 17.2 Å². The molecule has 0 spiro atoms. The van der Waals surface area contributed by atoms with E-state index in [-0.39, 0.29) is 18.3 Å². The molecule has 1 aliphatic rings. The zero-order valence-corrected chi connectivity index (χ0v) is 27.6. The molecule has 1 atom stereocenters. The third-order valence-corrected chi connectivity index (χ3v) is 8.87. The second-order valence-electron chi connectivity index (χ2n) is 11.3.